The average Bonchev–Trinajstić information content (AvgIpc) is 3.75. The van der Waals surface area contributed by atoms with Gasteiger partial charge >= 0.3 is 0 Å². The molecule has 0 saturated heterocycles. The van der Waals surface area contributed by atoms with E-state index in [1.165, 1.54) is 6.07 Å². The first kappa shape index (κ1) is 30.4. The van der Waals surface area contributed by atoms with E-state index in [4.69, 9.17) is 19.4 Å². The van der Waals surface area contributed by atoms with Crippen LogP contribution in [-0.2, 0) is 0 Å². The summed E-state index contributed by atoms with van der Waals surface area (Å²) in [6, 6.07) is 53.2. The Kier molecular flexibility index (Phi) is 6.94. The number of benzene rings is 7. The molecule has 0 aliphatic heterocycles. The molecule has 3 heterocycles. The molecule has 0 spiro atoms. The maximum absolute atomic E-state index is 12.1. The van der Waals surface area contributed by atoms with Crippen molar-refractivity contribution < 1.29 is 9.34 Å². The highest BCUT2D eigenvalue weighted by Gasteiger charge is 2.21. The van der Waals surface area contributed by atoms with Crippen LogP contribution in [0.4, 0.5) is 5.69 Å². The van der Waals surface area contributed by atoms with E-state index in [1.54, 1.807) is 12.1 Å². The molecule has 7 aromatic carbocycles. The highest BCUT2D eigenvalue weighted by atomic mass is 16.6. The van der Waals surface area contributed by atoms with Crippen molar-refractivity contribution in [1.29, 1.82) is 0 Å². The summed E-state index contributed by atoms with van der Waals surface area (Å²) in [6.45, 7) is 0. The van der Waals surface area contributed by atoms with Crippen molar-refractivity contribution in [3.63, 3.8) is 0 Å². The Morgan fingerprint density at radius 1 is 0.472 bits per heavy atom. The third-order valence-electron chi connectivity index (χ3n) is 9.73. The summed E-state index contributed by atoms with van der Waals surface area (Å²) in [5, 5.41) is 16.2. The van der Waals surface area contributed by atoms with Crippen LogP contribution in [-0.4, -0.2) is 24.4 Å². The van der Waals surface area contributed by atoms with Gasteiger partial charge in [-0.05, 0) is 48.0 Å². The Balaban J connectivity index is 1.26. The molecule has 0 fully saturated rings. The summed E-state index contributed by atoms with van der Waals surface area (Å²) >= 11 is 0. The third-order valence-corrected chi connectivity index (χ3v) is 9.73. The Labute approximate surface area is 302 Å². The van der Waals surface area contributed by atoms with Gasteiger partial charge in [0.2, 0.25) is 0 Å². The zero-order chi connectivity index (χ0) is 35.5. The van der Waals surface area contributed by atoms with Gasteiger partial charge < -0.3 is 8.98 Å². The van der Waals surface area contributed by atoms with Gasteiger partial charge in [0, 0.05) is 55.9 Å². The van der Waals surface area contributed by atoms with Crippen LogP contribution in [0, 0.1) is 10.1 Å². The van der Waals surface area contributed by atoms with Crippen LogP contribution in [0.2, 0.25) is 0 Å². The van der Waals surface area contributed by atoms with Gasteiger partial charge in [-0.1, -0.05) is 109 Å². The van der Waals surface area contributed by atoms with E-state index < -0.39 is 0 Å². The van der Waals surface area contributed by atoms with Crippen molar-refractivity contribution in [3.05, 3.63) is 174 Å². The first-order valence-electron chi connectivity index (χ1n) is 17.2. The summed E-state index contributed by atoms with van der Waals surface area (Å²) in [7, 11) is 0. The van der Waals surface area contributed by atoms with Crippen LogP contribution in [0.15, 0.2) is 168 Å². The monoisotopic (exact) mass is 685 g/mol. The van der Waals surface area contributed by atoms with E-state index in [0.29, 0.717) is 23.0 Å². The molecule has 0 aliphatic carbocycles. The van der Waals surface area contributed by atoms with Crippen molar-refractivity contribution in [1.82, 2.24) is 19.5 Å². The van der Waals surface area contributed by atoms with Gasteiger partial charge in [0.25, 0.3) is 5.69 Å². The molecule has 0 atom stereocenters. The molecular formula is C45H27N5O3. The maximum Gasteiger partial charge on any atom is 0.270 e. The molecule has 0 radical (unpaired) electrons. The van der Waals surface area contributed by atoms with Crippen LogP contribution in [0.1, 0.15) is 0 Å². The number of nitro benzene ring substituents is 1. The zero-order valence-corrected chi connectivity index (χ0v) is 28.0. The fourth-order valence-electron chi connectivity index (χ4n) is 7.27. The minimum Gasteiger partial charge on any atom is -0.456 e. The lowest BCUT2D eigenvalue weighted by Crippen LogP contribution is -2.02. The highest BCUT2D eigenvalue weighted by molar-refractivity contribution is 6.17. The van der Waals surface area contributed by atoms with Crippen LogP contribution < -0.4 is 0 Å². The summed E-state index contributed by atoms with van der Waals surface area (Å²) in [5.41, 5.74) is 8.45. The second-order valence-electron chi connectivity index (χ2n) is 12.9. The number of aromatic nitrogens is 4. The smallest absolute Gasteiger partial charge is 0.270 e. The maximum atomic E-state index is 12.1. The molecule has 10 aromatic rings. The van der Waals surface area contributed by atoms with E-state index >= 15 is 0 Å². The summed E-state index contributed by atoms with van der Waals surface area (Å²) in [6.07, 6.45) is 0. The lowest BCUT2D eigenvalue weighted by atomic mass is 9.99. The SMILES string of the molecule is O=[N+]([O-])c1cccc(-c2cc(-c3nc(-c4ccccc4)nc(-c4ccccc4)n3)ccc2-n2c3ccccc3c3cc4oc5ccccc5c4cc32)c1. The number of nitro groups is 1. The van der Waals surface area contributed by atoms with Crippen LogP contribution in [0.25, 0.3) is 94.7 Å². The average molecular weight is 686 g/mol. The number of para-hydroxylation sites is 2. The number of fused-ring (bicyclic) bond motifs is 6. The van der Waals surface area contributed by atoms with Gasteiger partial charge in [-0.25, -0.2) is 15.0 Å². The lowest BCUT2D eigenvalue weighted by Gasteiger charge is -2.16. The Morgan fingerprint density at radius 3 is 1.81 bits per heavy atom. The quantitative estimate of drug-likeness (QED) is 0.128. The van der Waals surface area contributed by atoms with Gasteiger partial charge in [-0.3, -0.25) is 10.1 Å². The number of furan rings is 1. The minimum absolute atomic E-state index is 0.00513. The van der Waals surface area contributed by atoms with Gasteiger partial charge in [-0.2, -0.15) is 0 Å². The van der Waals surface area contributed by atoms with Crippen molar-refractivity contribution >= 4 is 49.4 Å². The Hall–Kier alpha value is -7.45. The number of nitrogens with zero attached hydrogens (tertiary/aromatic N) is 5. The number of non-ortho nitro benzene ring substituents is 1. The molecule has 0 aliphatic rings. The number of hydrogen-bond acceptors (Lipinski definition) is 6. The van der Waals surface area contributed by atoms with Crippen molar-refractivity contribution in [3.8, 4) is 51.0 Å². The molecule has 8 heteroatoms. The van der Waals surface area contributed by atoms with E-state index in [9.17, 15) is 10.1 Å². The number of rotatable bonds is 6. The second-order valence-corrected chi connectivity index (χ2v) is 12.9. The molecule has 8 nitrogen and oxygen atoms in total. The fourth-order valence-corrected chi connectivity index (χ4v) is 7.27. The molecule has 0 bridgehead atoms. The first-order valence-corrected chi connectivity index (χ1v) is 17.2. The third kappa shape index (κ3) is 5.12. The molecule has 250 valence electrons. The molecule has 3 aromatic heterocycles. The van der Waals surface area contributed by atoms with Gasteiger partial charge in [0.15, 0.2) is 17.5 Å². The Bertz CT molecular complexity index is 2980. The lowest BCUT2D eigenvalue weighted by molar-refractivity contribution is -0.384. The van der Waals surface area contributed by atoms with Gasteiger partial charge in [0.05, 0.1) is 21.6 Å². The standard InChI is InChI=1S/C45H27N5O3/c51-50(52)32-17-11-16-30(24-32)35-25-31(45-47-43(28-12-3-1-4-13-28)46-44(48-45)29-14-5-2-6-15-29)22-23-39(35)49-38-20-9-7-18-33(38)36-27-42-37(26-40(36)49)34-19-8-10-21-41(34)53-42/h1-27H. The summed E-state index contributed by atoms with van der Waals surface area (Å²) < 4.78 is 8.55. The molecular weight excluding hydrogens is 659 g/mol. The van der Waals surface area contributed by atoms with E-state index in [1.807, 2.05) is 109 Å². The number of hydrogen-bond donors (Lipinski definition) is 0. The van der Waals surface area contributed by atoms with Crippen LogP contribution >= 0.6 is 0 Å². The van der Waals surface area contributed by atoms with Crippen LogP contribution in [0.3, 0.4) is 0 Å². The molecule has 0 saturated carbocycles. The molecule has 0 unspecified atom stereocenters. The van der Waals surface area contributed by atoms with E-state index in [2.05, 4.69) is 41.0 Å². The molecule has 10 rings (SSSR count). The topological polar surface area (TPSA) is 99.9 Å². The predicted molar refractivity (Wildman–Crippen MR) is 210 cm³/mol. The molecule has 53 heavy (non-hydrogen) atoms. The highest BCUT2D eigenvalue weighted by Crippen LogP contribution is 2.41. The van der Waals surface area contributed by atoms with E-state index in [0.717, 1.165) is 71.7 Å². The minimum atomic E-state index is -0.363. The van der Waals surface area contributed by atoms with Gasteiger partial charge in [0.1, 0.15) is 11.2 Å². The summed E-state index contributed by atoms with van der Waals surface area (Å²) in [4.78, 5) is 26.5. The fraction of sp³-hybridized carbons (Fsp3) is 0. The Morgan fingerprint density at radius 2 is 1.09 bits per heavy atom. The largest absolute Gasteiger partial charge is 0.456 e. The van der Waals surface area contributed by atoms with Crippen molar-refractivity contribution in [2.24, 2.45) is 0 Å². The predicted octanol–water partition coefficient (Wildman–Crippen LogP) is 11.4. The van der Waals surface area contributed by atoms with E-state index in [-0.39, 0.29) is 10.6 Å². The normalized spacial score (nSPS) is 11.5. The van der Waals surface area contributed by atoms with Crippen molar-refractivity contribution in [2.75, 3.05) is 0 Å². The van der Waals surface area contributed by atoms with Gasteiger partial charge in [-0.15, -0.1) is 0 Å². The zero-order valence-electron chi connectivity index (χ0n) is 28.0. The molecule has 0 amide bonds. The molecule has 0 N–H and O–H groups in total. The van der Waals surface area contributed by atoms with Crippen molar-refractivity contribution in [2.45, 2.75) is 0 Å². The second kappa shape index (κ2) is 12.1. The van der Waals surface area contributed by atoms with Crippen LogP contribution in [0.5, 0.6) is 0 Å². The first-order chi connectivity index (χ1) is 26.1. The summed E-state index contributed by atoms with van der Waals surface area (Å²) in [5.74, 6) is 1.59.